The van der Waals surface area contributed by atoms with E-state index in [0.717, 1.165) is 66.5 Å². The van der Waals surface area contributed by atoms with Crippen LogP contribution < -0.4 is 0 Å². The Morgan fingerprint density at radius 2 is 0.955 bits per heavy atom. The maximum Gasteiger partial charge on any atom is 0.161 e. The smallest absolute Gasteiger partial charge is 0.161 e. The molecule has 0 radical (unpaired) electrons. The molecule has 0 amide bonds. The molecule has 0 fully saturated rings. The van der Waals surface area contributed by atoms with Crippen LogP contribution in [0.5, 0.6) is 0 Å². The molecule has 0 aliphatic heterocycles. The molecule has 310 valence electrons. The SMILES string of the molecule is c1ccc(-n2c3ccccc3c3cc(-c4ccc5oc6cccc(-c7nc(-c8cccc9c8-c8ccccc8C98c9ccccc9-c9ccccc98)c8ccccc8n7)c6c5c4)ccc32)cc1. The summed E-state index contributed by atoms with van der Waals surface area (Å²) in [7, 11) is 0. The van der Waals surface area contributed by atoms with Crippen molar-refractivity contribution in [1.29, 1.82) is 0 Å². The first-order valence-corrected chi connectivity index (χ1v) is 23.0. The topological polar surface area (TPSA) is 43.9 Å². The Labute approximate surface area is 385 Å². The predicted octanol–water partition coefficient (Wildman–Crippen LogP) is 16.0. The van der Waals surface area contributed by atoms with E-state index >= 15 is 0 Å². The van der Waals surface area contributed by atoms with Crippen LogP contribution in [0.25, 0.3) is 116 Å². The molecule has 3 heterocycles. The van der Waals surface area contributed by atoms with Gasteiger partial charge in [-0.2, -0.15) is 0 Å². The van der Waals surface area contributed by atoms with Crippen molar-refractivity contribution >= 4 is 54.6 Å². The monoisotopic (exact) mass is 851 g/mol. The maximum atomic E-state index is 6.64. The van der Waals surface area contributed by atoms with Crippen LogP contribution in [0.15, 0.2) is 229 Å². The summed E-state index contributed by atoms with van der Waals surface area (Å²) in [5.74, 6) is 0.665. The molecule has 1 spiro atoms. The highest BCUT2D eigenvalue weighted by Gasteiger charge is 2.52. The van der Waals surface area contributed by atoms with E-state index in [-0.39, 0.29) is 0 Å². The van der Waals surface area contributed by atoms with Crippen LogP contribution in [0, 0.1) is 0 Å². The second kappa shape index (κ2) is 13.6. The molecule has 13 aromatic rings. The summed E-state index contributed by atoms with van der Waals surface area (Å²) < 4.78 is 9.00. The number of hydrogen-bond acceptors (Lipinski definition) is 3. The van der Waals surface area contributed by atoms with Crippen molar-refractivity contribution in [2.75, 3.05) is 0 Å². The lowest BCUT2D eigenvalue weighted by atomic mass is 9.70. The van der Waals surface area contributed by atoms with E-state index in [1.165, 1.54) is 66.3 Å². The first-order chi connectivity index (χ1) is 33.2. The molecule has 4 heteroatoms. The molecule has 4 nitrogen and oxygen atoms in total. The first kappa shape index (κ1) is 36.5. The van der Waals surface area contributed by atoms with Crippen molar-refractivity contribution in [3.63, 3.8) is 0 Å². The zero-order valence-corrected chi connectivity index (χ0v) is 36.1. The third-order valence-electron chi connectivity index (χ3n) is 14.6. The number of para-hydroxylation sites is 3. The van der Waals surface area contributed by atoms with E-state index in [4.69, 9.17) is 14.4 Å². The van der Waals surface area contributed by atoms with Gasteiger partial charge in [0.25, 0.3) is 0 Å². The lowest BCUT2D eigenvalue weighted by molar-refractivity contribution is 0.669. The van der Waals surface area contributed by atoms with Gasteiger partial charge in [0.1, 0.15) is 11.2 Å². The van der Waals surface area contributed by atoms with Gasteiger partial charge in [0.05, 0.1) is 27.7 Å². The van der Waals surface area contributed by atoms with Gasteiger partial charge in [0.2, 0.25) is 0 Å². The maximum absolute atomic E-state index is 6.64. The third-order valence-corrected chi connectivity index (χ3v) is 14.6. The fourth-order valence-electron chi connectivity index (χ4n) is 11.9. The van der Waals surface area contributed by atoms with Gasteiger partial charge in [0, 0.05) is 43.7 Å². The Kier molecular flexibility index (Phi) is 7.40. The van der Waals surface area contributed by atoms with E-state index in [0.29, 0.717) is 5.82 Å². The fourth-order valence-corrected chi connectivity index (χ4v) is 11.9. The summed E-state index contributed by atoms with van der Waals surface area (Å²) in [5.41, 5.74) is 21.1. The van der Waals surface area contributed by atoms with Crippen molar-refractivity contribution in [2.45, 2.75) is 5.41 Å². The second-order valence-electron chi connectivity index (χ2n) is 17.9. The van der Waals surface area contributed by atoms with E-state index < -0.39 is 5.41 Å². The summed E-state index contributed by atoms with van der Waals surface area (Å²) in [6.45, 7) is 0. The van der Waals surface area contributed by atoms with E-state index in [2.05, 4.69) is 229 Å². The van der Waals surface area contributed by atoms with Gasteiger partial charge in [-0.15, -0.1) is 0 Å². The number of nitrogens with zero attached hydrogens (tertiary/aromatic N) is 3. The minimum Gasteiger partial charge on any atom is -0.456 e. The molecule has 2 aliphatic carbocycles. The molecule has 0 saturated heterocycles. The average Bonchev–Trinajstić information content (AvgIpc) is 4.12. The predicted molar refractivity (Wildman–Crippen MR) is 274 cm³/mol. The molecule has 0 unspecified atom stereocenters. The van der Waals surface area contributed by atoms with Crippen molar-refractivity contribution in [3.05, 3.63) is 247 Å². The molecule has 0 bridgehead atoms. The van der Waals surface area contributed by atoms with Crippen molar-refractivity contribution in [1.82, 2.24) is 14.5 Å². The summed E-state index contributed by atoms with van der Waals surface area (Å²) in [4.78, 5) is 11.0. The van der Waals surface area contributed by atoms with Crippen LogP contribution in [0.4, 0.5) is 0 Å². The molecule has 10 aromatic carbocycles. The molecular weight excluding hydrogens is 815 g/mol. The highest BCUT2D eigenvalue weighted by Crippen LogP contribution is 2.64. The van der Waals surface area contributed by atoms with Crippen LogP contribution in [0.3, 0.4) is 0 Å². The van der Waals surface area contributed by atoms with Crippen LogP contribution in [0.2, 0.25) is 0 Å². The summed E-state index contributed by atoms with van der Waals surface area (Å²) in [5, 5.41) is 5.49. The molecule has 15 rings (SSSR count). The Hall–Kier alpha value is -8.86. The van der Waals surface area contributed by atoms with Crippen LogP contribution in [-0.2, 0) is 5.41 Å². The fraction of sp³-hybridized carbons (Fsp3) is 0.0159. The van der Waals surface area contributed by atoms with Gasteiger partial charge in [-0.3, -0.25) is 0 Å². The number of rotatable bonds is 4. The molecular formula is C63H37N3O. The molecule has 0 N–H and O–H groups in total. The highest BCUT2D eigenvalue weighted by molar-refractivity contribution is 6.15. The summed E-state index contributed by atoms with van der Waals surface area (Å²) in [6, 6.07) is 81.2. The van der Waals surface area contributed by atoms with Crippen molar-refractivity contribution < 1.29 is 4.42 Å². The van der Waals surface area contributed by atoms with Crippen molar-refractivity contribution in [2.24, 2.45) is 0 Å². The number of benzene rings is 10. The minimum atomic E-state index is -0.455. The van der Waals surface area contributed by atoms with E-state index in [1.807, 2.05) is 0 Å². The first-order valence-electron chi connectivity index (χ1n) is 23.0. The van der Waals surface area contributed by atoms with E-state index in [1.54, 1.807) is 0 Å². The van der Waals surface area contributed by atoms with Gasteiger partial charge >= 0.3 is 0 Å². The zero-order valence-electron chi connectivity index (χ0n) is 36.1. The Balaban J connectivity index is 0.933. The molecule has 0 atom stereocenters. The van der Waals surface area contributed by atoms with Gasteiger partial charge in [-0.05, 0) is 110 Å². The van der Waals surface area contributed by atoms with Crippen LogP contribution in [-0.4, -0.2) is 14.5 Å². The van der Waals surface area contributed by atoms with Gasteiger partial charge in [-0.1, -0.05) is 170 Å². The highest BCUT2D eigenvalue weighted by atomic mass is 16.3. The lowest BCUT2D eigenvalue weighted by Gasteiger charge is -2.30. The van der Waals surface area contributed by atoms with E-state index in [9.17, 15) is 0 Å². The Morgan fingerprint density at radius 1 is 0.373 bits per heavy atom. The minimum absolute atomic E-state index is 0.455. The zero-order chi connectivity index (χ0) is 43.8. The third kappa shape index (κ3) is 4.91. The Morgan fingerprint density at radius 3 is 1.76 bits per heavy atom. The van der Waals surface area contributed by atoms with Gasteiger partial charge < -0.3 is 8.98 Å². The van der Waals surface area contributed by atoms with Gasteiger partial charge in [0.15, 0.2) is 5.82 Å². The largest absolute Gasteiger partial charge is 0.456 e. The number of furan rings is 1. The molecule has 67 heavy (non-hydrogen) atoms. The number of hydrogen-bond donors (Lipinski definition) is 0. The normalized spacial score (nSPS) is 13.2. The molecule has 3 aromatic heterocycles. The second-order valence-corrected chi connectivity index (χ2v) is 17.9. The summed E-state index contributed by atoms with van der Waals surface area (Å²) in [6.07, 6.45) is 0. The number of fused-ring (bicyclic) bond motifs is 17. The average molecular weight is 852 g/mol. The van der Waals surface area contributed by atoms with Crippen LogP contribution in [0.1, 0.15) is 22.3 Å². The standard InChI is InChI=1S/C63H37N3O/c1-2-16-40(17-3-1)66-55-30-13-8-20-43(55)48-36-38(32-34-56(48)66)39-33-35-57-49(37-39)60-47(24-15-31-58(60)67-57)62-64-54-29-12-7-22-45(54)61(65-62)46-23-14-28-53-59(46)44-21-6-11-27-52(44)63(53)50-25-9-4-18-41(50)42-19-5-10-26-51(42)63/h1-37H. The van der Waals surface area contributed by atoms with Crippen LogP contribution >= 0.6 is 0 Å². The number of aromatic nitrogens is 3. The molecule has 2 aliphatic rings. The lowest BCUT2D eigenvalue weighted by Crippen LogP contribution is -2.25. The summed E-state index contributed by atoms with van der Waals surface area (Å²) >= 11 is 0. The quantitative estimate of drug-likeness (QED) is 0.177. The van der Waals surface area contributed by atoms with Crippen molar-refractivity contribution in [3.8, 4) is 61.7 Å². The molecule has 0 saturated carbocycles. The Bertz CT molecular complexity index is 4190. The van der Waals surface area contributed by atoms with Gasteiger partial charge in [-0.25, -0.2) is 9.97 Å².